The zero-order chi connectivity index (χ0) is 20.4. The van der Waals surface area contributed by atoms with Gasteiger partial charge in [-0.1, -0.05) is 24.3 Å². The molecule has 2 heterocycles. The van der Waals surface area contributed by atoms with E-state index in [0.29, 0.717) is 44.7 Å². The van der Waals surface area contributed by atoms with Crippen molar-refractivity contribution < 1.29 is 9.18 Å². The number of hydrogen-bond acceptors (Lipinski definition) is 4. The first-order valence-corrected chi connectivity index (χ1v) is 9.82. The number of rotatable bonds is 4. The highest BCUT2D eigenvalue weighted by atomic mass is 19.1. The zero-order valence-electron chi connectivity index (χ0n) is 16.3. The number of aromatic nitrogens is 2. The molecule has 1 aromatic heterocycles. The molecule has 0 N–H and O–H groups in total. The monoisotopic (exact) mass is 394 g/mol. The first kappa shape index (κ1) is 19.3. The fraction of sp³-hybridized carbons (Fsp3) is 0.318. The van der Waals surface area contributed by atoms with E-state index in [1.165, 1.54) is 12.1 Å². The van der Waals surface area contributed by atoms with Crippen LogP contribution in [0.2, 0.25) is 0 Å². The standard InChI is InChI=1S/C22H23FN4O2/c1-2-27-19-9-4-3-8-18(19)21(28)20(24-27)22(29)26-12-10-25(11-13-26)15-16-6-5-7-17(23)14-16/h3-9,14H,2,10-13,15H2,1H3. The molecule has 1 amide bonds. The van der Waals surface area contributed by atoms with Gasteiger partial charge in [0.25, 0.3) is 5.91 Å². The number of para-hydroxylation sites is 1. The maximum atomic E-state index is 13.4. The van der Waals surface area contributed by atoms with E-state index >= 15 is 0 Å². The highest BCUT2D eigenvalue weighted by Gasteiger charge is 2.26. The third-order valence-electron chi connectivity index (χ3n) is 5.32. The van der Waals surface area contributed by atoms with Crippen LogP contribution in [0, 0.1) is 5.82 Å². The summed E-state index contributed by atoms with van der Waals surface area (Å²) in [7, 11) is 0. The van der Waals surface area contributed by atoms with Gasteiger partial charge < -0.3 is 4.90 Å². The molecule has 0 radical (unpaired) electrons. The summed E-state index contributed by atoms with van der Waals surface area (Å²) >= 11 is 0. The average molecular weight is 394 g/mol. The summed E-state index contributed by atoms with van der Waals surface area (Å²) in [4.78, 5) is 29.7. The fourth-order valence-electron chi connectivity index (χ4n) is 3.77. The van der Waals surface area contributed by atoms with Crippen LogP contribution in [0.4, 0.5) is 4.39 Å². The number of nitrogens with zero attached hydrogens (tertiary/aromatic N) is 4. The first-order valence-electron chi connectivity index (χ1n) is 9.82. The van der Waals surface area contributed by atoms with Crippen LogP contribution in [-0.4, -0.2) is 51.7 Å². The maximum absolute atomic E-state index is 13.4. The third-order valence-corrected chi connectivity index (χ3v) is 5.32. The molecule has 1 saturated heterocycles. The number of hydrogen-bond donors (Lipinski definition) is 0. The molecule has 29 heavy (non-hydrogen) atoms. The summed E-state index contributed by atoms with van der Waals surface area (Å²) in [5, 5.41) is 4.86. The summed E-state index contributed by atoms with van der Waals surface area (Å²) in [6, 6.07) is 13.8. The highest BCUT2D eigenvalue weighted by Crippen LogP contribution is 2.13. The van der Waals surface area contributed by atoms with Gasteiger partial charge in [0.1, 0.15) is 5.82 Å². The molecular weight excluding hydrogens is 371 g/mol. The van der Waals surface area contributed by atoms with Crippen molar-refractivity contribution in [3.63, 3.8) is 0 Å². The molecule has 0 saturated carbocycles. The van der Waals surface area contributed by atoms with Gasteiger partial charge in [-0.25, -0.2) is 4.39 Å². The van der Waals surface area contributed by atoms with Crippen molar-refractivity contribution in [1.82, 2.24) is 19.6 Å². The Hall–Kier alpha value is -3.06. The predicted molar refractivity (Wildman–Crippen MR) is 109 cm³/mol. The minimum Gasteiger partial charge on any atom is -0.335 e. The second kappa shape index (κ2) is 8.13. The van der Waals surface area contributed by atoms with Gasteiger partial charge in [-0.05, 0) is 36.8 Å². The van der Waals surface area contributed by atoms with Gasteiger partial charge in [0.2, 0.25) is 5.43 Å². The number of benzene rings is 2. The van der Waals surface area contributed by atoms with E-state index in [-0.39, 0.29) is 22.8 Å². The van der Waals surface area contributed by atoms with Crippen LogP contribution in [0.3, 0.4) is 0 Å². The average Bonchev–Trinajstić information content (AvgIpc) is 2.74. The van der Waals surface area contributed by atoms with Crippen molar-refractivity contribution in [1.29, 1.82) is 0 Å². The first-order chi connectivity index (χ1) is 14.1. The van der Waals surface area contributed by atoms with Crippen LogP contribution in [0.1, 0.15) is 23.0 Å². The van der Waals surface area contributed by atoms with Crippen molar-refractivity contribution in [3.05, 3.63) is 75.8 Å². The van der Waals surface area contributed by atoms with E-state index in [1.54, 1.807) is 27.8 Å². The number of fused-ring (bicyclic) bond motifs is 1. The Morgan fingerprint density at radius 3 is 2.55 bits per heavy atom. The van der Waals surface area contributed by atoms with Crippen LogP contribution < -0.4 is 5.43 Å². The van der Waals surface area contributed by atoms with Gasteiger partial charge in [-0.15, -0.1) is 0 Å². The maximum Gasteiger partial charge on any atom is 0.278 e. The van der Waals surface area contributed by atoms with Gasteiger partial charge in [0.15, 0.2) is 5.69 Å². The molecule has 2 aromatic carbocycles. The molecular formula is C22H23FN4O2. The Morgan fingerprint density at radius 1 is 1.07 bits per heavy atom. The Labute approximate surface area is 168 Å². The summed E-state index contributed by atoms with van der Waals surface area (Å²) in [6.45, 7) is 5.49. The number of halogens is 1. The van der Waals surface area contributed by atoms with E-state index in [9.17, 15) is 14.0 Å². The van der Waals surface area contributed by atoms with Crippen molar-refractivity contribution in [2.24, 2.45) is 0 Å². The van der Waals surface area contributed by atoms with Crippen LogP contribution >= 0.6 is 0 Å². The van der Waals surface area contributed by atoms with Crippen molar-refractivity contribution >= 4 is 16.8 Å². The molecule has 0 aliphatic carbocycles. The van der Waals surface area contributed by atoms with E-state index in [0.717, 1.165) is 11.1 Å². The molecule has 0 atom stereocenters. The number of carbonyl (C=O) groups excluding carboxylic acids is 1. The summed E-state index contributed by atoms with van der Waals surface area (Å²) in [5.41, 5.74) is 1.30. The number of aryl methyl sites for hydroxylation is 1. The Kier molecular flexibility index (Phi) is 5.40. The molecule has 0 spiro atoms. The van der Waals surface area contributed by atoms with E-state index < -0.39 is 0 Å². The lowest BCUT2D eigenvalue weighted by Crippen LogP contribution is -2.49. The van der Waals surface area contributed by atoms with Gasteiger partial charge in [-0.2, -0.15) is 5.10 Å². The molecule has 1 fully saturated rings. The smallest absolute Gasteiger partial charge is 0.278 e. The number of amides is 1. The van der Waals surface area contributed by atoms with E-state index in [1.807, 2.05) is 25.1 Å². The molecule has 4 rings (SSSR count). The largest absolute Gasteiger partial charge is 0.335 e. The normalized spacial score (nSPS) is 15.0. The van der Waals surface area contributed by atoms with Gasteiger partial charge in [0, 0.05) is 44.7 Å². The van der Waals surface area contributed by atoms with Crippen molar-refractivity contribution in [3.8, 4) is 0 Å². The minimum absolute atomic E-state index is 0.0240. The summed E-state index contributed by atoms with van der Waals surface area (Å²) in [5.74, 6) is -0.570. The summed E-state index contributed by atoms with van der Waals surface area (Å²) in [6.07, 6.45) is 0. The number of carbonyl (C=O) groups is 1. The lowest BCUT2D eigenvalue weighted by atomic mass is 10.1. The molecule has 0 unspecified atom stereocenters. The topological polar surface area (TPSA) is 58.4 Å². The molecule has 1 aliphatic heterocycles. The second-order valence-corrected chi connectivity index (χ2v) is 7.21. The Morgan fingerprint density at radius 2 is 1.83 bits per heavy atom. The third kappa shape index (κ3) is 3.91. The van der Waals surface area contributed by atoms with Crippen LogP contribution in [0.5, 0.6) is 0 Å². The highest BCUT2D eigenvalue weighted by molar-refractivity contribution is 5.95. The SMILES string of the molecule is CCn1nc(C(=O)N2CCN(Cc3cccc(F)c3)CC2)c(=O)c2ccccc21. The number of piperazine rings is 1. The molecule has 150 valence electrons. The minimum atomic E-state index is -0.326. The summed E-state index contributed by atoms with van der Waals surface area (Å²) < 4.78 is 15.1. The lowest BCUT2D eigenvalue weighted by Gasteiger charge is -2.34. The van der Waals surface area contributed by atoms with Crippen LogP contribution in [-0.2, 0) is 13.1 Å². The fourth-order valence-corrected chi connectivity index (χ4v) is 3.77. The van der Waals surface area contributed by atoms with Gasteiger partial charge in [0.05, 0.1) is 5.52 Å². The van der Waals surface area contributed by atoms with Crippen molar-refractivity contribution in [2.45, 2.75) is 20.0 Å². The van der Waals surface area contributed by atoms with Crippen LogP contribution in [0.25, 0.3) is 10.9 Å². The predicted octanol–water partition coefficient (Wildman–Crippen LogP) is 2.51. The molecule has 6 nitrogen and oxygen atoms in total. The Balaban J connectivity index is 1.50. The van der Waals surface area contributed by atoms with E-state index in [2.05, 4.69) is 10.00 Å². The van der Waals surface area contributed by atoms with Gasteiger partial charge >= 0.3 is 0 Å². The molecule has 7 heteroatoms. The molecule has 1 aliphatic rings. The molecule has 0 bridgehead atoms. The van der Waals surface area contributed by atoms with Crippen LogP contribution in [0.15, 0.2) is 53.3 Å². The van der Waals surface area contributed by atoms with E-state index in [4.69, 9.17) is 0 Å². The second-order valence-electron chi connectivity index (χ2n) is 7.21. The van der Waals surface area contributed by atoms with Crippen molar-refractivity contribution in [2.75, 3.05) is 26.2 Å². The van der Waals surface area contributed by atoms with Gasteiger partial charge in [-0.3, -0.25) is 19.2 Å². The Bertz CT molecular complexity index is 1100. The lowest BCUT2D eigenvalue weighted by molar-refractivity contribution is 0.0619. The zero-order valence-corrected chi connectivity index (χ0v) is 16.3. The quantitative estimate of drug-likeness (QED) is 0.682. The molecule has 3 aromatic rings.